The van der Waals surface area contributed by atoms with Crippen molar-refractivity contribution in [2.45, 2.75) is 45.6 Å². The van der Waals surface area contributed by atoms with Gasteiger partial charge < -0.3 is 9.73 Å². The van der Waals surface area contributed by atoms with E-state index < -0.39 is 0 Å². The van der Waals surface area contributed by atoms with Crippen molar-refractivity contribution < 1.29 is 9.21 Å². The molecule has 2 aliphatic rings. The third-order valence-corrected chi connectivity index (χ3v) is 5.36. The zero-order valence-electron chi connectivity index (χ0n) is 17.1. The average molecular weight is 401 g/mol. The van der Waals surface area contributed by atoms with Gasteiger partial charge in [-0.25, -0.2) is 9.97 Å². The lowest BCUT2D eigenvalue weighted by Crippen LogP contribution is -2.09. The molecule has 2 aliphatic carbocycles. The summed E-state index contributed by atoms with van der Waals surface area (Å²) in [7, 11) is 0. The van der Waals surface area contributed by atoms with Crippen molar-refractivity contribution in [2.24, 2.45) is 5.92 Å². The molecule has 1 fully saturated rings. The monoisotopic (exact) mass is 401 g/mol. The van der Waals surface area contributed by atoms with E-state index in [1.54, 1.807) is 12.3 Å². The highest BCUT2D eigenvalue weighted by atomic mass is 16.4. The molecule has 7 nitrogen and oxygen atoms in total. The van der Waals surface area contributed by atoms with E-state index in [-0.39, 0.29) is 11.8 Å². The molecule has 0 atom stereocenters. The van der Waals surface area contributed by atoms with Crippen LogP contribution in [0.5, 0.6) is 0 Å². The van der Waals surface area contributed by atoms with Crippen LogP contribution in [0.4, 0.5) is 6.01 Å². The second-order valence-electron chi connectivity index (χ2n) is 8.24. The third-order valence-electron chi connectivity index (χ3n) is 5.36. The Morgan fingerprint density at radius 3 is 2.90 bits per heavy atom. The maximum absolute atomic E-state index is 12.5. The molecular weight excluding hydrogens is 378 g/mol. The second kappa shape index (κ2) is 7.48. The van der Waals surface area contributed by atoms with Gasteiger partial charge in [0, 0.05) is 29.8 Å². The minimum atomic E-state index is 0.102. The molecular formula is C23H23N5O2. The normalized spacial score (nSPS) is 15.2. The van der Waals surface area contributed by atoms with Crippen LogP contribution >= 0.6 is 0 Å². The van der Waals surface area contributed by atoms with Gasteiger partial charge in [-0.3, -0.25) is 4.79 Å². The number of aromatic nitrogens is 4. The summed E-state index contributed by atoms with van der Waals surface area (Å²) in [5.74, 6) is 1.68. The van der Waals surface area contributed by atoms with Crippen LogP contribution in [0.2, 0.25) is 0 Å². The summed E-state index contributed by atoms with van der Waals surface area (Å²) in [6.45, 7) is 4.03. The Labute approximate surface area is 174 Å². The number of Topliss-reactive ketones (excluding diaryl/α,β-unsaturated/α-hetero) is 1. The summed E-state index contributed by atoms with van der Waals surface area (Å²) in [6.07, 6.45) is 7.47. The number of rotatable bonds is 7. The SMILES string of the molecule is CC(C)Nc1nnc(-c2ccc3c(c2)C(c2nccc(C(=O)CC4CC4)n2)=CC3)o1. The fourth-order valence-electron chi connectivity index (χ4n) is 3.65. The minimum Gasteiger partial charge on any atom is -0.403 e. The lowest BCUT2D eigenvalue weighted by atomic mass is 10.0. The van der Waals surface area contributed by atoms with Gasteiger partial charge in [-0.1, -0.05) is 17.2 Å². The highest BCUT2D eigenvalue weighted by molar-refractivity contribution is 5.95. The number of nitrogens with zero attached hydrogens (tertiary/aromatic N) is 4. The maximum atomic E-state index is 12.5. The standard InChI is InChI=1S/C23H23N5O2/c1-13(2)25-23-28-27-22(30-23)16-6-5-15-7-8-17(18(15)12-16)21-24-10-9-19(26-21)20(29)11-14-3-4-14/h5-6,8-10,12-14H,3-4,7,11H2,1-2H3,(H,25,28). The van der Waals surface area contributed by atoms with E-state index in [9.17, 15) is 4.79 Å². The first-order chi connectivity index (χ1) is 14.6. The molecule has 3 aromatic rings. The number of hydrogen-bond donors (Lipinski definition) is 1. The fraction of sp³-hybridized carbons (Fsp3) is 0.348. The van der Waals surface area contributed by atoms with E-state index in [2.05, 4.69) is 37.6 Å². The zero-order chi connectivity index (χ0) is 20.7. The number of carbonyl (C=O) groups is 1. The van der Waals surface area contributed by atoms with Crippen LogP contribution in [0.1, 0.15) is 60.5 Å². The number of allylic oxidation sites excluding steroid dienone is 1. The van der Waals surface area contributed by atoms with E-state index in [0.29, 0.717) is 35.8 Å². The Hall–Kier alpha value is -3.35. The molecule has 5 rings (SSSR count). The number of anilines is 1. The molecule has 0 saturated heterocycles. The predicted molar refractivity (Wildman–Crippen MR) is 113 cm³/mol. The van der Waals surface area contributed by atoms with E-state index in [0.717, 1.165) is 36.0 Å². The molecule has 0 amide bonds. The minimum absolute atomic E-state index is 0.102. The number of benzene rings is 1. The smallest absolute Gasteiger partial charge is 0.315 e. The van der Waals surface area contributed by atoms with Gasteiger partial charge in [-0.15, -0.1) is 5.10 Å². The molecule has 0 radical (unpaired) electrons. The van der Waals surface area contributed by atoms with Crippen LogP contribution in [0.25, 0.3) is 17.0 Å². The Morgan fingerprint density at radius 2 is 2.10 bits per heavy atom. The maximum Gasteiger partial charge on any atom is 0.315 e. The Morgan fingerprint density at radius 1 is 1.23 bits per heavy atom. The van der Waals surface area contributed by atoms with Gasteiger partial charge in [0.15, 0.2) is 11.6 Å². The number of ketones is 1. The van der Waals surface area contributed by atoms with Crippen molar-refractivity contribution in [1.29, 1.82) is 0 Å². The topological polar surface area (TPSA) is 93.8 Å². The molecule has 1 aromatic carbocycles. The van der Waals surface area contributed by atoms with Crippen LogP contribution in [0.15, 0.2) is 41.0 Å². The summed E-state index contributed by atoms with van der Waals surface area (Å²) >= 11 is 0. The molecule has 2 heterocycles. The average Bonchev–Trinajstić information content (AvgIpc) is 3.26. The molecule has 152 valence electrons. The van der Waals surface area contributed by atoms with Crippen molar-refractivity contribution in [2.75, 3.05) is 5.32 Å². The summed E-state index contributed by atoms with van der Waals surface area (Å²) < 4.78 is 5.75. The van der Waals surface area contributed by atoms with Crippen LogP contribution in [0.3, 0.4) is 0 Å². The highest BCUT2D eigenvalue weighted by Crippen LogP contribution is 2.35. The lowest BCUT2D eigenvalue weighted by Gasteiger charge is -2.08. The van der Waals surface area contributed by atoms with Gasteiger partial charge in [-0.2, -0.15) is 0 Å². The van der Waals surface area contributed by atoms with Gasteiger partial charge >= 0.3 is 6.01 Å². The second-order valence-corrected chi connectivity index (χ2v) is 8.24. The molecule has 1 N–H and O–H groups in total. The van der Waals surface area contributed by atoms with Crippen molar-refractivity contribution in [3.05, 3.63) is 59.2 Å². The molecule has 0 aliphatic heterocycles. The molecule has 1 saturated carbocycles. The largest absolute Gasteiger partial charge is 0.403 e. The molecule has 7 heteroatoms. The van der Waals surface area contributed by atoms with Crippen molar-refractivity contribution >= 4 is 17.4 Å². The fourth-order valence-corrected chi connectivity index (χ4v) is 3.65. The molecule has 2 aromatic heterocycles. The Balaban J connectivity index is 1.43. The van der Waals surface area contributed by atoms with Crippen molar-refractivity contribution in [1.82, 2.24) is 20.2 Å². The van der Waals surface area contributed by atoms with E-state index in [1.807, 2.05) is 26.0 Å². The number of nitrogens with one attached hydrogen (secondary N) is 1. The quantitative estimate of drug-likeness (QED) is 0.589. The summed E-state index contributed by atoms with van der Waals surface area (Å²) in [5, 5.41) is 11.3. The van der Waals surface area contributed by atoms with Crippen molar-refractivity contribution in [3.63, 3.8) is 0 Å². The van der Waals surface area contributed by atoms with E-state index in [1.165, 1.54) is 5.56 Å². The van der Waals surface area contributed by atoms with E-state index in [4.69, 9.17) is 4.42 Å². The summed E-state index contributed by atoms with van der Waals surface area (Å²) in [5.41, 5.74) is 4.50. The molecule has 0 spiro atoms. The van der Waals surface area contributed by atoms with Crippen LogP contribution in [-0.2, 0) is 6.42 Å². The third kappa shape index (κ3) is 3.75. The first kappa shape index (κ1) is 18.7. The van der Waals surface area contributed by atoms with Crippen LogP contribution < -0.4 is 5.32 Å². The summed E-state index contributed by atoms with van der Waals surface area (Å²) in [4.78, 5) is 21.5. The summed E-state index contributed by atoms with van der Waals surface area (Å²) in [6, 6.07) is 8.40. The Kier molecular flexibility index (Phi) is 4.65. The Bertz CT molecular complexity index is 1140. The number of carbonyl (C=O) groups excluding carboxylic acids is 1. The molecule has 30 heavy (non-hydrogen) atoms. The first-order valence-corrected chi connectivity index (χ1v) is 10.4. The highest BCUT2D eigenvalue weighted by Gasteiger charge is 2.26. The van der Waals surface area contributed by atoms with Crippen molar-refractivity contribution in [3.8, 4) is 11.5 Å². The predicted octanol–water partition coefficient (Wildman–Crippen LogP) is 4.32. The first-order valence-electron chi connectivity index (χ1n) is 10.4. The van der Waals surface area contributed by atoms with Gasteiger partial charge in [-0.05, 0) is 68.4 Å². The number of fused-ring (bicyclic) bond motifs is 1. The van der Waals surface area contributed by atoms with Gasteiger partial charge in [0.05, 0.1) is 0 Å². The molecule has 0 unspecified atom stereocenters. The zero-order valence-corrected chi connectivity index (χ0v) is 17.1. The van der Waals surface area contributed by atoms with Gasteiger partial charge in [0.2, 0.25) is 5.89 Å². The van der Waals surface area contributed by atoms with Crippen LogP contribution in [0, 0.1) is 5.92 Å². The van der Waals surface area contributed by atoms with Gasteiger partial charge in [0.25, 0.3) is 0 Å². The van der Waals surface area contributed by atoms with Gasteiger partial charge in [0.1, 0.15) is 5.69 Å². The van der Waals surface area contributed by atoms with E-state index >= 15 is 0 Å². The lowest BCUT2D eigenvalue weighted by molar-refractivity contribution is 0.0971. The molecule has 0 bridgehead atoms. The number of hydrogen-bond acceptors (Lipinski definition) is 7. The van der Waals surface area contributed by atoms with Crippen LogP contribution in [-0.4, -0.2) is 32.0 Å².